The summed E-state index contributed by atoms with van der Waals surface area (Å²) >= 11 is 1.58. The van der Waals surface area contributed by atoms with Gasteiger partial charge in [-0.3, -0.25) is 9.48 Å². The second kappa shape index (κ2) is 5.21. The highest BCUT2D eigenvalue weighted by Gasteiger charge is 2.43. The molecule has 2 aromatic heterocycles. The average molecular weight is 312 g/mol. The average Bonchev–Trinajstić information content (AvgIpc) is 2.93. The molecule has 1 saturated carbocycles. The molecule has 0 spiro atoms. The van der Waals surface area contributed by atoms with Gasteiger partial charge < -0.3 is 5.32 Å². The predicted molar refractivity (Wildman–Crippen MR) is 85.8 cm³/mol. The highest BCUT2D eigenvalue weighted by atomic mass is 32.1. The molecule has 1 fully saturated rings. The van der Waals surface area contributed by atoms with Crippen molar-refractivity contribution in [1.29, 1.82) is 0 Å². The lowest BCUT2D eigenvalue weighted by Crippen LogP contribution is -2.32. The first-order valence-electron chi connectivity index (χ1n) is 7.33. The van der Waals surface area contributed by atoms with E-state index in [2.05, 4.69) is 15.4 Å². The number of nitrogens with zero attached hydrogens (tertiary/aromatic N) is 3. The normalized spacial score (nSPS) is 15.8. The summed E-state index contributed by atoms with van der Waals surface area (Å²) in [6, 6.07) is 7.60. The number of carbonyl (C=O) groups excluding carboxylic acids is 1. The fraction of sp³-hybridized carbons (Fsp3) is 0.312. The first-order valence-corrected chi connectivity index (χ1v) is 8.21. The molecule has 0 atom stereocenters. The minimum atomic E-state index is -0.0263. The Morgan fingerprint density at radius 1 is 1.41 bits per heavy atom. The summed E-state index contributed by atoms with van der Waals surface area (Å²) in [7, 11) is 0. The molecule has 0 unspecified atom stereocenters. The summed E-state index contributed by atoms with van der Waals surface area (Å²) in [5.41, 5.74) is 3.53. The molecule has 0 aliphatic heterocycles. The van der Waals surface area contributed by atoms with Crippen LogP contribution in [0.1, 0.15) is 23.2 Å². The largest absolute Gasteiger partial charge is 0.351 e. The molecule has 6 heteroatoms. The van der Waals surface area contributed by atoms with E-state index in [0.29, 0.717) is 12.1 Å². The molecule has 1 aromatic carbocycles. The van der Waals surface area contributed by atoms with Crippen LogP contribution in [0.2, 0.25) is 0 Å². The molecule has 4 rings (SSSR count). The second-order valence-electron chi connectivity index (χ2n) is 5.92. The molecule has 3 aromatic rings. The van der Waals surface area contributed by atoms with E-state index in [1.807, 2.05) is 35.1 Å². The summed E-state index contributed by atoms with van der Waals surface area (Å²) in [6.07, 6.45) is 6.03. The van der Waals surface area contributed by atoms with E-state index in [1.165, 1.54) is 0 Å². The number of hydrogen-bond donors (Lipinski definition) is 1. The van der Waals surface area contributed by atoms with Crippen LogP contribution in [0.3, 0.4) is 0 Å². The Hall–Kier alpha value is -2.21. The van der Waals surface area contributed by atoms with Crippen LogP contribution < -0.4 is 5.32 Å². The van der Waals surface area contributed by atoms with Gasteiger partial charge in [-0.1, -0.05) is 0 Å². The number of nitrogens with one attached hydrogen (secondary N) is 1. The van der Waals surface area contributed by atoms with Gasteiger partial charge >= 0.3 is 0 Å². The maximum absolute atomic E-state index is 12.3. The van der Waals surface area contributed by atoms with Crippen LogP contribution >= 0.6 is 11.3 Å². The topological polar surface area (TPSA) is 59.8 Å². The summed E-state index contributed by atoms with van der Waals surface area (Å²) in [5.74, 6) is -0.0263. The van der Waals surface area contributed by atoms with Crippen LogP contribution in [0.4, 0.5) is 0 Å². The van der Waals surface area contributed by atoms with Gasteiger partial charge in [0.15, 0.2) is 0 Å². The predicted octanol–water partition coefficient (Wildman–Crippen LogP) is 2.70. The molecular weight excluding hydrogens is 296 g/mol. The summed E-state index contributed by atoms with van der Waals surface area (Å²) in [4.78, 5) is 16.6. The number of rotatable bonds is 5. The lowest BCUT2D eigenvalue weighted by Gasteiger charge is -2.16. The molecule has 0 bridgehead atoms. The molecule has 22 heavy (non-hydrogen) atoms. The third-order valence-corrected chi connectivity index (χ3v) is 5.04. The van der Waals surface area contributed by atoms with Crippen molar-refractivity contribution in [2.45, 2.75) is 19.4 Å². The van der Waals surface area contributed by atoms with Crippen molar-refractivity contribution < 1.29 is 4.79 Å². The molecule has 1 N–H and O–H groups in total. The van der Waals surface area contributed by atoms with Crippen molar-refractivity contribution in [2.24, 2.45) is 5.41 Å². The minimum Gasteiger partial charge on any atom is -0.351 e. The smallest absolute Gasteiger partial charge is 0.251 e. The Labute approximate surface area is 132 Å². The van der Waals surface area contributed by atoms with Crippen molar-refractivity contribution in [3.8, 4) is 0 Å². The van der Waals surface area contributed by atoms with Crippen LogP contribution in [-0.4, -0.2) is 27.2 Å². The third kappa shape index (κ3) is 2.62. The van der Waals surface area contributed by atoms with Crippen LogP contribution in [-0.2, 0) is 6.54 Å². The highest BCUT2D eigenvalue weighted by molar-refractivity contribution is 7.16. The number of carbonyl (C=O) groups is 1. The van der Waals surface area contributed by atoms with E-state index in [1.54, 1.807) is 23.0 Å². The minimum absolute atomic E-state index is 0.0263. The molecule has 1 aliphatic carbocycles. The van der Waals surface area contributed by atoms with Crippen molar-refractivity contribution in [2.75, 3.05) is 6.54 Å². The van der Waals surface area contributed by atoms with Crippen LogP contribution in [0.15, 0.2) is 42.2 Å². The molecule has 2 heterocycles. The van der Waals surface area contributed by atoms with Gasteiger partial charge in [0.05, 0.1) is 15.7 Å². The van der Waals surface area contributed by atoms with Gasteiger partial charge in [-0.05, 0) is 37.1 Å². The number of aromatic nitrogens is 3. The molecule has 0 saturated heterocycles. The Balaban J connectivity index is 1.41. The second-order valence-corrected chi connectivity index (χ2v) is 6.81. The Morgan fingerprint density at radius 2 is 2.32 bits per heavy atom. The summed E-state index contributed by atoms with van der Waals surface area (Å²) < 4.78 is 3.05. The zero-order chi connectivity index (χ0) is 15.0. The lowest BCUT2D eigenvalue weighted by molar-refractivity contribution is 0.0942. The number of hydrogen-bond acceptors (Lipinski definition) is 4. The Morgan fingerprint density at radius 3 is 3.09 bits per heavy atom. The van der Waals surface area contributed by atoms with Gasteiger partial charge in [0.2, 0.25) is 0 Å². The summed E-state index contributed by atoms with van der Waals surface area (Å²) in [6.45, 7) is 1.56. The van der Waals surface area contributed by atoms with Crippen molar-refractivity contribution >= 4 is 27.5 Å². The molecule has 1 aliphatic rings. The van der Waals surface area contributed by atoms with E-state index in [4.69, 9.17) is 0 Å². The van der Waals surface area contributed by atoms with Crippen LogP contribution in [0.25, 0.3) is 10.2 Å². The van der Waals surface area contributed by atoms with E-state index in [-0.39, 0.29) is 11.3 Å². The van der Waals surface area contributed by atoms with Crippen LogP contribution in [0, 0.1) is 5.41 Å². The Kier molecular flexibility index (Phi) is 3.18. The fourth-order valence-electron chi connectivity index (χ4n) is 2.67. The van der Waals surface area contributed by atoms with Gasteiger partial charge in [-0.15, -0.1) is 11.3 Å². The number of thiazole rings is 1. The van der Waals surface area contributed by atoms with Gasteiger partial charge in [0.1, 0.15) is 0 Å². The molecule has 5 nitrogen and oxygen atoms in total. The van der Waals surface area contributed by atoms with Crippen molar-refractivity contribution in [1.82, 2.24) is 20.1 Å². The molecule has 112 valence electrons. The highest BCUT2D eigenvalue weighted by Crippen LogP contribution is 2.46. The number of benzene rings is 1. The first-order chi connectivity index (χ1) is 10.7. The van der Waals surface area contributed by atoms with E-state index in [0.717, 1.165) is 29.6 Å². The van der Waals surface area contributed by atoms with Gasteiger partial charge in [0.25, 0.3) is 5.91 Å². The standard InChI is InChI=1S/C16H16N4OS/c21-15(12-2-3-14-13(8-12)18-11-22-14)17-9-16(4-5-16)10-20-7-1-6-19-20/h1-3,6-8,11H,4-5,9-10H2,(H,17,21). The van der Waals surface area contributed by atoms with E-state index < -0.39 is 0 Å². The van der Waals surface area contributed by atoms with Gasteiger partial charge in [-0.2, -0.15) is 5.10 Å². The molecule has 0 radical (unpaired) electrons. The fourth-order valence-corrected chi connectivity index (χ4v) is 3.33. The maximum Gasteiger partial charge on any atom is 0.251 e. The number of amides is 1. The van der Waals surface area contributed by atoms with Gasteiger partial charge in [0, 0.05) is 36.5 Å². The Bertz CT molecular complexity index is 805. The lowest BCUT2D eigenvalue weighted by atomic mass is 10.1. The SMILES string of the molecule is O=C(NCC1(Cn2cccn2)CC1)c1ccc2scnc2c1. The maximum atomic E-state index is 12.3. The van der Waals surface area contributed by atoms with Crippen LogP contribution in [0.5, 0.6) is 0 Å². The third-order valence-electron chi connectivity index (χ3n) is 4.23. The molecule has 1 amide bonds. The first kappa shape index (κ1) is 13.5. The quantitative estimate of drug-likeness (QED) is 0.788. The van der Waals surface area contributed by atoms with Gasteiger partial charge in [-0.25, -0.2) is 4.98 Å². The van der Waals surface area contributed by atoms with E-state index in [9.17, 15) is 4.79 Å². The summed E-state index contributed by atoms with van der Waals surface area (Å²) in [5, 5.41) is 7.32. The van der Waals surface area contributed by atoms with E-state index >= 15 is 0 Å². The monoisotopic (exact) mass is 312 g/mol. The number of fused-ring (bicyclic) bond motifs is 1. The van der Waals surface area contributed by atoms with Crippen molar-refractivity contribution in [3.05, 3.63) is 47.7 Å². The van der Waals surface area contributed by atoms with Crippen molar-refractivity contribution in [3.63, 3.8) is 0 Å². The zero-order valence-corrected chi connectivity index (χ0v) is 12.8. The zero-order valence-electron chi connectivity index (χ0n) is 12.0. The molecular formula is C16H16N4OS.